The first-order valence-corrected chi connectivity index (χ1v) is 8.30. The van der Waals surface area contributed by atoms with E-state index in [2.05, 4.69) is 16.0 Å². The third kappa shape index (κ3) is 5.56. The lowest BCUT2D eigenvalue weighted by atomic mass is 9.97. The molecule has 1 aromatic rings. The summed E-state index contributed by atoms with van der Waals surface area (Å²) in [5, 5.41) is 8.98. The molecule has 1 aliphatic heterocycles. The number of carbonyl (C=O) groups is 2. The van der Waals surface area contributed by atoms with Gasteiger partial charge >= 0.3 is 6.03 Å². The molecule has 3 N–H and O–H groups in total. The van der Waals surface area contributed by atoms with E-state index in [1.165, 1.54) is 0 Å². The molecule has 0 radical (unpaired) electrons. The van der Waals surface area contributed by atoms with Crippen LogP contribution in [0.5, 0.6) is 0 Å². The Bertz CT molecular complexity index is 507. The Morgan fingerprint density at radius 1 is 1.22 bits per heavy atom. The first-order chi connectivity index (χ1) is 11.2. The molecule has 23 heavy (non-hydrogen) atoms. The lowest BCUT2D eigenvalue weighted by Gasteiger charge is -2.32. The first-order valence-electron chi connectivity index (χ1n) is 8.30. The van der Waals surface area contributed by atoms with E-state index in [1.54, 1.807) is 4.90 Å². The smallest absolute Gasteiger partial charge is 0.321 e. The summed E-state index contributed by atoms with van der Waals surface area (Å²) in [6.07, 6.45) is 1.69. The molecule has 6 heteroatoms. The zero-order valence-electron chi connectivity index (χ0n) is 13.7. The third-order valence-electron chi connectivity index (χ3n) is 3.96. The fraction of sp³-hybridized carbons (Fsp3) is 0.529. The number of urea groups is 1. The van der Waals surface area contributed by atoms with Crippen molar-refractivity contribution in [1.82, 2.24) is 15.5 Å². The number of likely N-dealkylation sites (tertiary alicyclic amines) is 1. The Morgan fingerprint density at radius 3 is 2.74 bits per heavy atom. The minimum atomic E-state index is -0.138. The summed E-state index contributed by atoms with van der Waals surface area (Å²) in [6.45, 7) is 5.50. The summed E-state index contributed by atoms with van der Waals surface area (Å²) < 4.78 is 0. The van der Waals surface area contributed by atoms with Crippen LogP contribution in [0, 0.1) is 5.92 Å². The normalized spacial score (nSPS) is 17.6. The Morgan fingerprint density at radius 2 is 2.00 bits per heavy atom. The van der Waals surface area contributed by atoms with Gasteiger partial charge in [0, 0.05) is 31.9 Å². The van der Waals surface area contributed by atoms with Crippen molar-refractivity contribution in [3.63, 3.8) is 0 Å². The number of rotatable bonds is 6. The predicted molar refractivity (Wildman–Crippen MR) is 91.3 cm³/mol. The van der Waals surface area contributed by atoms with E-state index in [4.69, 9.17) is 0 Å². The van der Waals surface area contributed by atoms with Crippen LogP contribution in [0.15, 0.2) is 30.3 Å². The van der Waals surface area contributed by atoms with E-state index < -0.39 is 0 Å². The number of likely N-dealkylation sites (N-methyl/N-ethyl adjacent to an activating group) is 1. The van der Waals surface area contributed by atoms with Crippen LogP contribution in [0.3, 0.4) is 0 Å². The number of nitrogens with one attached hydrogen (secondary N) is 3. The molecule has 1 aliphatic rings. The average molecular weight is 318 g/mol. The number of para-hydroxylation sites is 1. The summed E-state index contributed by atoms with van der Waals surface area (Å²) in [5.74, 6) is -0.0768. The molecule has 0 aromatic heterocycles. The molecule has 0 bridgehead atoms. The van der Waals surface area contributed by atoms with Gasteiger partial charge in [-0.3, -0.25) is 4.79 Å². The van der Waals surface area contributed by atoms with Crippen molar-refractivity contribution in [2.45, 2.75) is 19.8 Å². The largest absolute Gasteiger partial charge is 0.355 e. The minimum absolute atomic E-state index is 0.0418. The van der Waals surface area contributed by atoms with Crippen molar-refractivity contribution >= 4 is 17.6 Å². The van der Waals surface area contributed by atoms with Gasteiger partial charge in [-0.15, -0.1) is 0 Å². The number of benzene rings is 1. The Labute approximate surface area is 137 Å². The molecular formula is C17H26N4O2. The highest BCUT2D eigenvalue weighted by molar-refractivity contribution is 5.90. The van der Waals surface area contributed by atoms with Crippen LogP contribution < -0.4 is 16.0 Å². The van der Waals surface area contributed by atoms with Gasteiger partial charge in [-0.25, -0.2) is 4.79 Å². The maximum absolute atomic E-state index is 12.3. The molecule has 1 heterocycles. The van der Waals surface area contributed by atoms with Crippen molar-refractivity contribution in [3.8, 4) is 0 Å². The van der Waals surface area contributed by atoms with Crippen LogP contribution in [0.2, 0.25) is 0 Å². The molecule has 1 fully saturated rings. The highest BCUT2D eigenvalue weighted by atomic mass is 16.2. The van der Waals surface area contributed by atoms with Gasteiger partial charge in [0.15, 0.2) is 0 Å². The molecule has 3 amide bonds. The van der Waals surface area contributed by atoms with Gasteiger partial charge in [-0.2, -0.15) is 0 Å². The van der Waals surface area contributed by atoms with E-state index in [0.717, 1.165) is 31.6 Å². The highest BCUT2D eigenvalue weighted by Crippen LogP contribution is 2.18. The zero-order valence-corrected chi connectivity index (χ0v) is 13.7. The maximum Gasteiger partial charge on any atom is 0.321 e. The predicted octanol–water partition coefficient (Wildman–Crippen LogP) is 1.66. The van der Waals surface area contributed by atoms with Gasteiger partial charge in [-0.1, -0.05) is 25.1 Å². The van der Waals surface area contributed by atoms with Crippen LogP contribution in [-0.2, 0) is 4.79 Å². The molecule has 0 spiro atoms. The van der Waals surface area contributed by atoms with Gasteiger partial charge in [-0.05, 0) is 31.5 Å². The molecule has 1 saturated heterocycles. The third-order valence-corrected chi connectivity index (χ3v) is 3.96. The van der Waals surface area contributed by atoms with Crippen molar-refractivity contribution < 1.29 is 9.59 Å². The lowest BCUT2D eigenvalue weighted by Crippen LogP contribution is -2.47. The second kappa shape index (κ2) is 9.15. The summed E-state index contributed by atoms with van der Waals surface area (Å²) in [6, 6.07) is 9.24. The number of hydrogen-bond acceptors (Lipinski definition) is 3. The molecule has 2 rings (SSSR count). The SMILES string of the molecule is CCNCCNC(=O)C1CCCN(C(=O)Nc2ccccc2)C1. The summed E-state index contributed by atoms with van der Waals surface area (Å²) >= 11 is 0. The van der Waals surface area contributed by atoms with Crippen molar-refractivity contribution in [1.29, 1.82) is 0 Å². The molecule has 0 aliphatic carbocycles. The summed E-state index contributed by atoms with van der Waals surface area (Å²) in [5.41, 5.74) is 0.773. The van der Waals surface area contributed by atoms with E-state index in [9.17, 15) is 9.59 Å². The number of amides is 3. The van der Waals surface area contributed by atoms with Gasteiger partial charge in [0.1, 0.15) is 0 Å². The van der Waals surface area contributed by atoms with E-state index in [-0.39, 0.29) is 17.9 Å². The van der Waals surface area contributed by atoms with Gasteiger partial charge < -0.3 is 20.9 Å². The number of hydrogen-bond donors (Lipinski definition) is 3. The second-order valence-corrected chi connectivity index (χ2v) is 5.73. The fourth-order valence-corrected chi connectivity index (χ4v) is 2.69. The van der Waals surface area contributed by atoms with Crippen molar-refractivity contribution in [2.24, 2.45) is 5.92 Å². The zero-order chi connectivity index (χ0) is 16.5. The van der Waals surface area contributed by atoms with Crippen LogP contribution in [0.1, 0.15) is 19.8 Å². The Balaban J connectivity index is 1.80. The Kier molecular flexibility index (Phi) is 6.87. The van der Waals surface area contributed by atoms with Crippen LogP contribution in [-0.4, -0.2) is 49.6 Å². The molecule has 126 valence electrons. The molecule has 6 nitrogen and oxygen atoms in total. The molecule has 1 atom stereocenters. The monoisotopic (exact) mass is 318 g/mol. The van der Waals surface area contributed by atoms with E-state index in [0.29, 0.717) is 19.6 Å². The number of carbonyl (C=O) groups excluding carboxylic acids is 2. The fourth-order valence-electron chi connectivity index (χ4n) is 2.69. The minimum Gasteiger partial charge on any atom is -0.355 e. The maximum atomic E-state index is 12.3. The molecule has 1 aromatic carbocycles. The highest BCUT2D eigenvalue weighted by Gasteiger charge is 2.28. The summed E-state index contributed by atoms with van der Waals surface area (Å²) in [4.78, 5) is 26.2. The molecule has 0 saturated carbocycles. The standard InChI is InChI=1S/C17H26N4O2/c1-2-18-10-11-19-16(22)14-7-6-12-21(13-14)17(23)20-15-8-4-3-5-9-15/h3-5,8-9,14,18H,2,6-7,10-13H2,1H3,(H,19,22)(H,20,23). The molecule has 1 unspecified atom stereocenters. The molecular weight excluding hydrogens is 292 g/mol. The van der Waals surface area contributed by atoms with Crippen molar-refractivity contribution in [3.05, 3.63) is 30.3 Å². The first kappa shape index (κ1) is 17.3. The summed E-state index contributed by atoms with van der Waals surface area (Å²) in [7, 11) is 0. The van der Waals surface area contributed by atoms with Crippen LogP contribution >= 0.6 is 0 Å². The topological polar surface area (TPSA) is 73.5 Å². The van der Waals surface area contributed by atoms with Gasteiger partial charge in [0.2, 0.25) is 5.91 Å². The average Bonchev–Trinajstić information content (AvgIpc) is 2.59. The van der Waals surface area contributed by atoms with E-state index in [1.807, 2.05) is 37.3 Å². The number of anilines is 1. The second-order valence-electron chi connectivity index (χ2n) is 5.73. The number of piperidine rings is 1. The van der Waals surface area contributed by atoms with Crippen LogP contribution in [0.4, 0.5) is 10.5 Å². The van der Waals surface area contributed by atoms with E-state index >= 15 is 0 Å². The Hall–Kier alpha value is -2.08. The number of nitrogens with zero attached hydrogens (tertiary/aromatic N) is 1. The van der Waals surface area contributed by atoms with Crippen molar-refractivity contribution in [2.75, 3.05) is 38.0 Å². The van der Waals surface area contributed by atoms with Gasteiger partial charge in [0.25, 0.3) is 0 Å². The van der Waals surface area contributed by atoms with Crippen LogP contribution in [0.25, 0.3) is 0 Å². The quantitative estimate of drug-likeness (QED) is 0.698. The van der Waals surface area contributed by atoms with Gasteiger partial charge in [0.05, 0.1) is 5.92 Å². The lowest BCUT2D eigenvalue weighted by molar-refractivity contribution is -0.126.